The molecule has 1 saturated carbocycles. The van der Waals surface area contributed by atoms with Crippen molar-refractivity contribution in [3.05, 3.63) is 16.1 Å². The fourth-order valence-corrected chi connectivity index (χ4v) is 3.79. The van der Waals surface area contributed by atoms with E-state index in [-0.39, 0.29) is 5.54 Å². The van der Waals surface area contributed by atoms with Crippen LogP contribution in [0.2, 0.25) is 0 Å². The van der Waals surface area contributed by atoms with E-state index in [1.807, 2.05) is 11.3 Å². The Bertz CT molecular complexity index is 384. The van der Waals surface area contributed by atoms with Crippen molar-refractivity contribution in [3.63, 3.8) is 0 Å². The molecule has 1 heterocycles. The monoisotopic (exact) mass is 280 g/mol. The molecule has 1 aliphatic rings. The van der Waals surface area contributed by atoms with E-state index in [1.165, 1.54) is 42.0 Å². The highest BCUT2D eigenvalue weighted by atomic mass is 32.1. The Labute approximate surface area is 122 Å². The highest BCUT2D eigenvalue weighted by Gasteiger charge is 2.23. The molecule has 0 aromatic carbocycles. The van der Waals surface area contributed by atoms with E-state index in [1.54, 1.807) is 0 Å². The van der Waals surface area contributed by atoms with Crippen LogP contribution in [0.25, 0.3) is 0 Å². The van der Waals surface area contributed by atoms with Crippen molar-refractivity contribution < 1.29 is 0 Å². The van der Waals surface area contributed by atoms with E-state index >= 15 is 0 Å². The van der Waals surface area contributed by atoms with Crippen molar-refractivity contribution in [2.75, 3.05) is 0 Å². The summed E-state index contributed by atoms with van der Waals surface area (Å²) < 4.78 is 0. The van der Waals surface area contributed by atoms with Crippen molar-refractivity contribution in [3.8, 4) is 0 Å². The number of nitrogens with zero attached hydrogens (tertiary/aromatic N) is 1. The lowest BCUT2D eigenvalue weighted by molar-refractivity contribution is 0.318. The Morgan fingerprint density at radius 3 is 2.53 bits per heavy atom. The van der Waals surface area contributed by atoms with Gasteiger partial charge in [0.2, 0.25) is 0 Å². The lowest BCUT2D eigenvalue weighted by Gasteiger charge is -2.26. The van der Waals surface area contributed by atoms with E-state index < -0.39 is 0 Å². The van der Waals surface area contributed by atoms with E-state index in [0.29, 0.717) is 0 Å². The van der Waals surface area contributed by atoms with Gasteiger partial charge in [-0.05, 0) is 52.4 Å². The molecule has 1 aromatic heterocycles. The second kappa shape index (κ2) is 6.36. The minimum atomic E-state index is 0.184. The highest BCUT2D eigenvalue weighted by molar-refractivity contribution is 7.11. The standard InChI is InChI=1S/C16H28N2S/c1-5-12-6-8-13(9-7-12)15-17-10-14(19-15)11-18-16(2,3)4/h10,12-13,18H,5-9,11H2,1-4H3. The fraction of sp³-hybridized carbons (Fsp3) is 0.812. The zero-order chi connectivity index (χ0) is 13.9. The van der Waals surface area contributed by atoms with Crippen molar-refractivity contribution in [2.45, 2.75) is 77.8 Å². The third-order valence-corrected chi connectivity index (χ3v) is 5.30. The van der Waals surface area contributed by atoms with Gasteiger partial charge in [0, 0.05) is 29.1 Å². The second-order valence-corrected chi connectivity index (χ2v) is 8.04. The maximum absolute atomic E-state index is 4.67. The summed E-state index contributed by atoms with van der Waals surface area (Å²) in [6.45, 7) is 9.90. The number of nitrogens with one attached hydrogen (secondary N) is 1. The molecule has 0 bridgehead atoms. The van der Waals surface area contributed by atoms with Gasteiger partial charge < -0.3 is 5.32 Å². The molecule has 0 saturated heterocycles. The van der Waals surface area contributed by atoms with Crippen LogP contribution in [-0.2, 0) is 6.54 Å². The summed E-state index contributed by atoms with van der Waals surface area (Å²) in [5.41, 5.74) is 0.184. The molecule has 0 atom stereocenters. The van der Waals surface area contributed by atoms with E-state index in [2.05, 4.69) is 44.2 Å². The number of aromatic nitrogens is 1. The maximum Gasteiger partial charge on any atom is 0.0959 e. The molecule has 19 heavy (non-hydrogen) atoms. The van der Waals surface area contributed by atoms with Gasteiger partial charge in [0.25, 0.3) is 0 Å². The number of hydrogen-bond donors (Lipinski definition) is 1. The molecular weight excluding hydrogens is 252 g/mol. The van der Waals surface area contributed by atoms with Crippen molar-refractivity contribution >= 4 is 11.3 Å². The molecule has 0 radical (unpaired) electrons. The van der Waals surface area contributed by atoms with Gasteiger partial charge in [-0.3, -0.25) is 0 Å². The minimum absolute atomic E-state index is 0.184. The van der Waals surface area contributed by atoms with Gasteiger partial charge in [-0.1, -0.05) is 13.3 Å². The predicted octanol–water partition coefficient (Wildman–Crippen LogP) is 4.72. The Kier molecular flexibility index (Phi) is 5.02. The molecule has 1 aliphatic carbocycles. The molecule has 0 spiro atoms. The summed E-state index contributed by atoms with van der Waals surface area (Å²) >= 11 is 1.92. The summed E-state index contributed by atoms with van der Waals surface area (Å²) in [7, 11) is 0. The second-order valence-electron chi connectivity index (χ2n) is 6.89. The Hall–Kier alpha value is -0.410. The third kappa shape index (κ3) is 4.57. The lowest BCUT2D eigenvalue weighted by Crippen LogP contribution is -2.34. The molecule has 2 nitrogen and oxygen atoms in total. The van der Waals surface area contributed by atoms with Gasteiger partial charge in [0.15, 0.2) is 0 Å². The Morgan fingerprint density at radius 2 is 1.95 bits per heavy atom. The zero-order valence-electron chi connectivity index (χ0n) is 12.8. The van der Waals surface area contributed by atoms with Gasteiger partial charge in [-0.25, -0.2) is 4.98 Å². The van der Waals surface area contributed by atoms with Crippen molar-refractivity contribution in [1.82, 2.24) is 10.3 Å². The molecule has 3 heteroatoms. The summed E-state index contributed by atoms with van der Waals surface area (Å²) in [6, 6.07) is 0. The van der Waals surface area contributed by atoms with Crippen LogP contribution in [0, 0.1) is 5.92 Å². The summed E-state index contributed by atoms with van der Waals surface area (Å²) in [4.78, 5) is 6.05. The van der Waals surface area contributed by atoms with Crippen LogP contribution in [0.3, 0.4) is 0 Å². The maximum atomic E-state index is 4.67. The number of rotatable bonds is 4. The molecular formula is C16H28N2S. The Balaban J connectivity index is 1.87. The summed E-state index contributed by atoms with van der Waals surface area (Å²) in [6.07, 6.45) is 8.92. The van der Waals surface area contributed by atoms with Crippen LogP contribution in [0.15, 0.2) is 6.20 Å². The minimum Gasteiger partial charge on any atom is -0.307 e. The van der Waals surface area contributed by atoms with Crippen LogP contribution in [0.4, 0.5) is 0 Å². The van der Waals surface area contributed by atoms with Gasteiger partial charge in [-0.15, -0.1) is 11.3 Å². The summed E-state index contributed by atoms with van der Waals surface area (Å²) in [5, 5.41) is 4.92. The zero-order valence-corrected chi connectivity index (χ0v) is 13.6. The third-order valence-electron chi connectivity index (χ3n) is 4.14. The molecule has 0 amide bonds. The summed E-state index contributed by atoms with van der Waals surface area (Å²) in [5.74, 6) is 1.70. The number of hydrogen-bond acceptors (Lipinski definition) is 3. The van der Waals surface area contributed by atoms with Crippen LogP contribution in [0.5, 0.6) is 0 Å². The predicted molar refractivity (Wildman–Crippen MR) is 83.7 cm³/mol. The molecule has 108 valence electrons. The molecule has 1 aromatic rings. The largest absolute Gasteiger partial charge is 0.307 e. The topological polar surface area (TPSA) is 24.9 Å². The van der Waals surface area contributed by atoms with Crippen molar-refractivity contribution in [1.29, 1.82) is 0 Å². The van der Waals surface area contributed by atoms with E-state index in [9.17, 15) is 0 Å². The van der Waals surface area contributed by atoms with E-state index in [4.69, 9.17) is 0 Å². The highest BCUT2D eigenvalue weighted by Crippen LogP contribution is 2.38. The van der Waals surface area contributed by atoms with Gasteiger partial charge >= 0.3 is 0 Å². The van der Waals surface area contributed by atoms with Gasteiger partial charge in [0.05, 0.1) is 5.01 Å². The molecule has 1 fully saturated rings. The quantitative estimate of drug-likeness (QED) is 0.863. The fourth-order valence-electron chi connectivity index (χ4n) is 2.76. The molecule has 0 aliphatic heterocycles. The van der Waals surface area contributed by atoms with Crippen LogP contribution in [-0.4, -0.2) is 10.5 Å². The number of thiazole rings is 1. The molecule has 1 N–H and O–H groups in total. The van der Waals surface area contributed by atoms with Gasteiger partial charge in [0.1, 0.15) is 0 Å². The SMILES string of the molecule is CCC1CCC(c2ncc(CNC(C)(C)C)s2)CC1. The van der Waals surface area contributed by atoms with E-state index in [0.717, 1.165) is 18.4 Å². The van der Waals surface area contributed by atoms with Crippen LogP contribution < -0.4 is 5.32 Å². The normalized spacial score (nSPS) is 24.6. The Morgan fingerprint density at radius 1 is 1.26 bits per heavy atom. The molecule has 0 unspecified atom stereocenters. The first kappa shape index (κ1) is 15.0. The van der Waals surface area contributed by atoms with Crippen LogP contribution >= 0.6 is 11.3 Å². The lowest BCUT2D eigenvalue weighted by atomic mass is 9.81. The first-order valence-electron chi connectivity index (χ1n) is 7.67. The average Bonchev–Trinajstić information content (AvgIpc) is 2.84. The van der Waals surface area contributed by atoms with Crippen molar-refractivity contribution in [2.24, 2.45) is 5.92 Å². The average molecular weight is 280 g/mol. The smallest absolute Gasteiger partial charge is 0.0959 e. The van der Waals surface area contributed by atoms with Crippen LogP contribution in [0.1, 0.15) is 75.6 Å². The first-order chi connectivity index (χ1) is 8.98. The van der Waals surface area contributed by atoms with Gasteiger partial charge in [-0.2, -0.15) is 0 Å². The first-order valence-corrected chi connectivity index (χ1v) is 8.49. The molecule has 2 rings (SSSR count).